The third-order valence-corrected chi connectivity index (χ3v) is 3.57. The summed E-state index contributed by atoms with van der Waals surface area (Å²) in [5.41, 5.74) is 0. The predicted octanol–water partition coefficient (Wildman–Crippen LogP) is 1.74. The van der Waals surface area contributed by atoms with Crippen molar-refractivity contribution in [2.75, 3.05) is 14.2 Å². The van der Waals surface area contributed by atoms with Gasteiger partial charge in [-0.3, -0.25) is 0 Å². The van der Waals surface area contributed by atoms with E-state index in [9.17, 15) is 0 Å². The molecule has 9 heteroatoms. The van der Waals surface area contributed by atoms with E-state index in [2.05, 4.69) is 26.5 Å². The van der Waals surface area contributed by atoms with Crippen LogP contribution in [0.4, 0.5) is 0 Å². The SMILES string of the molecule is CO.CO.[Ir].[c-]1ccsc1-c1nnc(-c2cccs2)nn1. The molecule has 0 spiro atoms. The van der Waals surface area contributed by atoms with Crippen LogP contribution in [0.15, 0.2) is 29.0 Å². The van der Waals surface area contributed by atoms with Crippen LogP contribution in [0.2, 0.25) is 0 Å². The maximum atomic E-state index is 7.00. The molecule has 0 bridgehead atoms. The molecular weight excluding hydrogens is 489 g/mol. The number of hydrogen-bond donors (Lipinski definition) is 2. The fraction of sp³-hybridized carbons (Fsp3) is 0.167. The summed E-state index contributed by atoms with van der Waals surface area (Å²) in [5.74, 6) is 1.09. The molecule has 2 N–H and O–H groups in total. The molecule has 0 amide bonds. The second-order valence-corrected chi connectivity index (χ2v) is 4.78. The summed E-state index contributed by atoms with van der Waals surface area (Å²) < 4.78 is 0. The van der Waals surface area contributed by atoms with Gasteiger partial charge in [0.05, 0.1) is 4.88 Å². The Hall–Kier alpha value is -1.09. The van der Waals surface area contributed by atoms with E-state index in [1.807, 2.05) is 29.0 Å². The van der Waals surface area contributed by atoms with E-state index in [0.29, 0.717) is 11.6 Å². The fourth-order valence-electron chi connectivity index (χ4n) is 1.19. The molecule has 0 aliphatic heterocycles. The zero-order chi connectivity index (χ0) is 14.8. The van der Waals surface area contributed by atoms with Gasteiger partial charge in [0.15, 0.2) is 0 Å². The van der Waals surface area contributed by atoms with E-state index in [0.717, 1.165) is 24.0 Å². The van der Waals surface area contributed by atoms with E-state index in [4.69, 9.17) is 10.2 Å². The predicted molar refractivity (Wildman–Crippen MR) is 79.4 cm³/mol. The Balaban J connectivity index is 0.000000741. The van der Waals surface area contributed by atoms with Gasteiger partial charge < -0.3 is 10.2 Å². The maximum Gasteiger partial charge on any atom is 0.211 e. The second kappa shape index (κ2) is 11.6. The number of hydrogen-bond acceptors (Lipinski definition) is 8. The van der Waals surface area contributed by atoms with Gasteiger partial charge in [-0.15, -0.1) is 26.9 Å². The van der Waals surface area contributed by atoms with Crippen LogP contribution in [-0.4, -0.2) is 44.8 Å². The Kier molecular flexibility index (Phi) is 11.0. The van der Waals surface area contributed by atoms with Gasteiger partial charge in [-0.1, -0.05) is 10.9 Å². The largest absolute Gasteiger partial charge is 0.400 e. The minimum absolute atomic E-state index is 0. The van der Waals surface area contributed by atoms with Crippen LogP contribution in [0.3, 0.4) is 0 Å². The van der Waals surface area contributed by atoms with Crippen molar-refractivity contribution in [3.05, 3.63) is 35.0 Å². The Morgan fingerprint density at radius 1 is 0.905 bits per heavy atom. The monoisotopic (exact) mass is 502 g/mol. The molecule has 0 saturated heterocycles. The molecule has 21 heavy (non-hydrogen) atoms. The molecule has 3 rings (SSSR count). The second-order valence-electron chi connectivity index (χ2n) is 2.92. The van der Waals surface area contributed by atoms with Crippen molar-refractivity contribution in [1.29, 1.82) is 0 Å². The van der Waals surface area contributed by atoms with Gasteiger partial charge in [-0.25, -0.2) is 11.3 Å². The van der Waals surface area contributed by atoms with Gasteiger partial charge in [-0.05, 0) is 11.4 Å². The number of aromatic nitrogens is 4. The van der Waals surface area contributed by atoms with Crippen molar-refractivity contribution in [1.82, 2.24) is 20.4 Å². The number of aliphatic hydroxyl groups is 2. The first kappa shape index (κ1) is 19.9. The Morgan fingerprint density at radius 3 is 2.00 bits per heavy atom. The molecule has 3 aromatic rings. The van der Waals surface area contributed by atoms with Crippen LogP contribution in [-0.2, 0) is 20.1 Å². The summed E-state index contributed by atoms with van der Waals surface area (Å²) >= 11 is 3.09. The molecule has 0 fully saturated rings. The van der Waals surface area contributed by atoms with Crippen LogP contribution < -0.4 is 0 Å². The van der Waals surface area contributed by atoms with Gasteiger partial charge in [-0.2, -0.15) is 22.3 Å². The molecule has 115 valence electrons. The van der Waals surface area contributed by atoms with E-state index in [-0.39, 0.29) is 20.1 Å². The standard InChI is InChI=1S/C10H5N4S2.2CH4O.Ir/c1-3-7(15-5-1)9-11-13-10(14-12-9)8-4-2-6-16-8;2*1-2;/h1-3,5-6H;2*2H,1H3;/q-1;;;. The van der Waals surface area contributed by atoms with Crippen LogP contribution in [0, 0.1) is 6.07 Å². The molecule has 0 aliphatic rings. The Bertz CT molecular complexity index is 521. The molecular formula is C12H13IrN4O2S2-. The quantitative estimate of drug-likeness (QED) is 0.520. The van der Waals surface area contributed by atoms with E-state index >= 15 is 0 Å². The normalized spacial score (nSPS) is 8.57. The van der Waals surface area contributed by atoms with Gasteiger partial charge in [0.2, 0.25) is 5.82 Å². The first-order valence-electron chi connectivity index (χ1n) is 5.40. The molecule has 0 atom stereocenters. The van der Waals surface area contributed by atoms with Crippen molar-refractivity contribution in [2.45, 2.75) is 0 Å². The van der Waals surface area contributed by atoms with Crippen molar-refractivity contribution < 1.29 is 30.3 Å². The maximum absolute atomic E-state index is 7.00. The topological polar surface area (TPSA) is 92.0 Å². The number of rotatable bonds is 2. The molecule has 3 heterocycles. The molecule has 1 radical (unpaired) electrons. The van der Waals surface area contributed by atoms with Crippen LogP contribution in [0.25, 0.3) is 21.4 Å². The van der Waals surface area contributed by atoms with Crippen LogP contribution >= 0.6 is 22.7 Å². The Labute approximate surface area is 143 Å². The smallest absolute Gasteiger partial charge is 0.211 e. The van der Waals surface area contributed by atoms with E-state index < -0.39 is 0 Å². The van der Waals surface area contributed by atoms with Crippen molar-refractivity contribution >= 4 is 22.7 Å². The van der Waals surface area contributed by atoms with Gasteiger partial charge >= 0.3 is 0 Å². The molecule has 0 aliphatic carbocycles. The van der Waals surface area contributed by atoms with Crippen molar-refractivity contribution in [3.63, 3.8) is 0 Å². The first-order chi connectivity index (χ1) is 9.93. The third kappa shape index (κ3) is 5.66. The summed E-state index contributed by atoms with van der Waals surface area (Å²) in [4.78, 5) is 1.83. The average Bonchev–Trinajstić information content (AvgIpc) is 3.25. The average molecular weight is 502 g/mol. The number of thiophene rings is 2. The van der Waals surface area contributed by atoms with E-state index in [1.165, 1.54) is 11.3 Å². The summed E-state index contributed by atoms with van der Waals surface area (Å²) in [6, 6.07) is 8.75. The van der Waals surface area contributed by atoms with E-state index in [1.54, 1.807) is 11.3 Å². The first-order valence-corrected chi connectivity index (χ1v) is 7.16. The minimum atomic E-state index is 0. The van der Waals surface area contributed by atoms with Gasteiger partial charge in [0.25, 0.3) is 0 Å². The van der Waals surface area contributed by atoms with Gasteiger partial charge in [0.1, 0.15) is 5.82 Å². The van der Waals surface area contributed by atoms with Crippen LogP contribution in [0.1, 0.15) is 0 Å². The van der Waals surface area contributed by atoms with Crippen molar-refractivity contribution in [2.24, 2.45) is 0 Å². The van der Waals surface area contributed by atoms with Crippen LogP contribution in [0.5, 0.6) is 0 Å². The van der Waals surface area contributed by atoms with Gasteiger partial charge in [0, 0.05) is 34.3 Å². The molecule has 0 aromatic carbocycles. The summed E-state index contributed by atoms with van der Waals surface area (Å²) in [6.45, 7) is 0. The molecule has 3 aromatic heterocycles. The van der Waals surface area contributed by atoms with Crippen molar-refractivity contribution in [3.8, 4) is 21.4 Å². The Morgan fingerprint density at radius 2 is 1.52 bits per heavy atom. The zero-order valence-electron chi connectivity index (χ0n) is 11.2. The summed E-state index contributed by atoms with van der Waals surface area (Å²) in [6.07, 6.45) is 0. The minimum Gasteiger partial charge on any atom is -0.400 e. The molecule has 0 saturated carbocycles. The third-order valence-electron chi connectivity index (χ3n) is 1.89. The fourth-order valence-corrected chi connectivity index (χ4v) is 2.43. The number of aliphatic hydroxyl groups excluding tert-OH is 2. The summed E-state index contributed by atoms with van der Waals surface area (Å²) in [7, 11) is 2.00. The molecule has 0 unspecified atom stereocenters. The molecule has 6 nitrogen and oxygen atoms in total. The zero-order valence-corrected chi connectivity index (χ0v) is 15.2. The number of nitrogens with zero attached hydrogens (tertiary/aromatic N) is 4. The summed E-state index contributed by atoms with van der Waals surface area (Å²) in [5, 5.41) is 34.1.